The number of carbonyl (C=O) groups is 1. The summed E-state index contributed by atoms with van der Waals surface area (Å²) in [6.45, 7) is 8.69. The fourth-order valence-electron chi connectivity index (χ4n) is 5.39. The van der Waals surface area contributed by atoms with Crippen LogP contribution in [-0.4, -0.2) is 11.9 Å². The number of ketones is 1. The minimum atomic E-state index is -1.88. The maximum absolute atomic E-state index is 12.1. The topological polar surface area (TPSA) is 17.1 Å². The molecule has 3 heteroatoms. The van der Waals surface area contributed by atoms with Gasteiger partial charge in [0.1, 0.15) is 23.2 Å². The zero-order chi connectivity index (χ0) is 24.9. The molecule has 0 aliphatic heterocycles. The summed E-state index contributed by atoms with van der Waals surface area (Å²) >= 11 is 0. The summed E-state index contributed by atoms with van der Waals surface area (Å²) in [6.07, 6.45) is 10.4. The molecule has 0 spiro atoms. The average Bonchev–Trinajstić information content (AvgIpc) is 2.85. The smallest absolute Gasteiger partial charge is 0.156 e. The van der Waals surface area contributed by atoms with Crippen molar-refractivity contribution < 1.29 is 21.8 Å². The second-order valence-corrected chi connectivity index (χ2v) is 13.8. The van der Waals surface area contributed by atoms with E-state index in [0.717, 1.165) is 11.7 Å². The highest BCUT2D eigenvalue weighted by Crippen LogP contribution is 2.55. The Bertz CT molecular complexity index is 1140. The highest BCUT2D eigenvalue weighted by atomic mass is 79.9. The molecule has 1 aliphatic rings. The first-order valence-corrected chi connectivity index (χ1v) is 14.4. The average molecular weight is 560 g/mol. The Kier molecular flexibility index (Phi) is 9.45. The second-order valence-electron chi connectivity index (χ2n) is 10.3. The van der Waals surface area contributed by atoms with Crippen molar-refractivity contribution in [3.63, 3.8) is 0 Å². The zero-order valence-corrected chi connectivity index (χ0v) is 24.2. The number of rotatable bonds is 7. The Hall–Kier alpha value is -2.54. The summed E-state index contributed by atoms with van der Waals surface area (Å²) in [5, 5.41) is 4.20. The van der Waals surface area contributed by atoms with Crippen molar-refractivity contribution in [3.05, 3.63) is 126 Å². The van der Waals surface area contributed by atoms with E-state index in [9.17, 15) is 4.79 Å². The number of benzene rings is 3. The third-order valence-electron chi connectivity index (χ3n) is 7.18. The van der Waals surface area contributed by atoms with Gasteiger partial charge in [-0.1, -0.05) is 91.7 Å². The van der Waals surface area contributed by atoms with Crippen LogP contribution in [0.5, 0.6) is 0 Å². The molecule has 0 saturated carbocycles. The monoisotopic (exact) mass is 558 g/mol. The van der Waals surface area contributed by atoms with Crippen molar-refractivity contribution in [1.29, 1.82) is 0 Å². The van der Waals surface area contributed by atoms with E-state index in [1.807, 2.05) is 6.08 Å². The summed E-state index contributed by atoms with van der Waals surface area (Å²) in [4.78, 5) is 12.1. The van der Waals surface area contributed by atoms with E-state index in [1.165, 1.54) is 21.5 Å². The van der Waals surface area contributed by atoms with Gasteiger partial charge in [-0.25, -0.2) is 0 Å². The Labute approximate surface area is 228 Å². The molecule has 1 nitrogen and oxygen atoms in total. The van der Waals surface area contributed by atoms with Crippen LogP contribution in [0.25, 0.3) is 0 Å². The fourth-order valence-corrected chi connectivity index (χ4v) is 9.52. The first-order chi connectivity index (χ1) is 16.8. The van der Waals surface area contributed by atoms with E-state index in [1.54, 1.807) is 0 Å². The van der Waals surface area contributed by atoms with Crippen LogP contribution >= 0.6 is 7.26 Å². The molecule has 0 radical (unpaired) electrons. The van der Waals surface area contributed by atoms with Gasteiger partial charge >= 0.3 is 0 Å². The lowest BCUT2D eigenvalue weighted by molar-refractivity contribution is -0.117. The van der Waals surface area contributed by atoms with E-state index in [2.05, 4.69) is 137 Å². The molecule has 3 aromatic carbocycles. The summed E-state index contributed by atoms with van der Waals surface area (Å²) in [5.41, 5.74) is 2.37. The lowest BCUT2D eigenvalue weighted by atomic mass is 9.68. The molecule has 36 heavy (non-hydrogen) atoms. The van der Waals surface area contributed by atoms with Crippen LogP contribution in [-0.2, 0) is 4.79 Å². The molecule has 0 heterocycles. The van der Waals surface area contributed by atoms with Gasteiger partial charge in [0.05, 0.1) is 6.16 Å². The van der Waals surface area contributed by atoms with Gasteiger partial charge in [0.15, 0.2) is 5.78 Å². The number of hydrogen-bond acceptors (Lipinski definition) is 1. The number of halogens is 1. The van der Waals surface area contributed by atoms with Gasteiger partial charge in [0.25, 0.3) is 0 Å². The van der Waals surface area contributed by atoms with Gasteiger partial charge in [0.2, 0.25) is 0 Å². The third kappa shape index (κ3) is 6.05. The highest BCUT2D eigenvalue weighted by molar-refractivity contribution is 7.95. The molecule has 0 saturated heterocycles. The normalized spacial score (nSPS) is 18.0. The fraction of sp³-hybridized carbons (Fsp3) is 0.242. The quantitative estimate of drug-likeness (QED) is 0.316. The molecule has 3 aromatic rings. The minimum Gasteiger partial charge on any atom is -1.00 e. The van der Waals surface area contributed by atoms with Crippen molar-refractivity contribution in [2.75, 3.05) is 6.16 Å². The molecular weight excluding hydrogens is 523 g/mol. The number of carbonyl (C=O) groups excluding carboxylic acids is 1. The van der Waals surface area contributed by atoms with Crippen LogP contribution in [0.2, 0.25) is 0 Å². The van der Waals surface area contributed by atoms with Crippen LogP contribution in [0.15, 0.2) is 126 Å². The first-order valence-electron chi connectivity index (χ1n) is 12.4. The van der Waals surface area contributed by atoms with E-state index in [0.29, 0.717) is 6.42 Å². The van der Waals surface area contributed by atoms with Crippen molar-refractivity contribution in [2.24, 2.45) is 11.3 Å². The van der Waals surface area contributed by atoms with Crippen molar-refractivity contribution in [3.8, 4) is 0 Å². The summed E-state index contributed by atoms with van der Waals surface area (Å²) in [7, 11) is -1.88. The molecule has 1 unspecified atom stereocenters. The Morgan fingerprint density at radius 2 is 1.31 bits per heavy atom. The molecular formula is C33H36BrOP. The van der Waals surface area contributed by atoms with Gasteiger partial charge < -0.3 is 17.0 Å². The van der Waals surface area contributed by atoms with Gasteiger partial charge in [0, 0.05) is 12.3 Å². The molecule has 0 N–H and O–H groups in total. The van der Waals surface area contributed by atoms with Gasteiger partial charge in [-0.15, -0.1) is 0 Å². The lowest BCUT2D eigenvalue weighted by Gasteiger charge is -2.35. The van der Waals surface area contributed by atoms with Crippen LogP contribution in [0, 0.1) is 11.3 Å². The van der Waals surface area contributed by atoms with Crippen molar-refractivity contribution >= 4 is 29.0 Å². The Balaban J connectivity index is 0.00000361. The van der Waals surface area contributed by atoms with Crippen LogP contribution in [0.4, 0.5) is 0 Å². The maximum Gasteiger partial charge on any atom is 0.156 e. The molecule has 0 aromatic heterocycles. The van der Waals surface area contributed by atoms with E-state index in [-0.39, 0.29) is 34.1 Å². The zero-order valence-electron chi connectivity index (χ0n) is 21.7. The second kappa shape index (κ2) is 12.1. The minimum absolute atomic E-state index is 0. The third-order valence-corrected chi connectivity index (χ3v) is 11.4. The predicted molar refractivity (Wildman–Crippen MR) is 154 cm³/mol. The lowest BCUT2D eigenvalue weighted by Crippen LogP contribution is -3.00. The van der Waals surface area contributed by atoms with Gasteiger partial charge in [-0.05, 0) is 67.8 Å². The molecule has 0 fully saturated rings. The van der Waals surface area contributed by atoms with Crippen LogP contribution < -0.4 is 32.9 Å². The number of hydrogen-bond donors (Lipinski definition) is 0. The summed E-state index contributed by atoms with van der Waals surface area (Å²) in [6, 6.07) is 33.0. The Morgan fingerprint density at radius 3 is 1.72 bits per heavy atom. The molecule has 0 bridgehead atoms. The molecule has 1 aliphatic carbocycles. The first kappa shape index (κ1) is 28.0. The standard InChI is InChI=1S/C33H36OP.BrH/c1-26(20-21-32-27(2)24-28(34)25-33(32,3)4)22-23-35(29-14-8-5-9-15-29,30-16-10-6-11-17-30)31-18-12-7-13-19-31;/h5-22,24,32H,23,25H2,1-4H3;1H/q+1;/p-1. The molecule has 4 rings (SSSR count). The Morgan fingerprint density at radius 1 is 0.861 bits per heavy atom. The van der Waals surface area contributed by atoms with Crippen molar-refractivity contribution in [2.45, 2.75) is 34.1 Å². The van der Waals surface area contributed by atoms with Gasteiger partial charge in [-0.3, -0.25) is 4.79 Å². The molecule has 0 amide bonds. The van der Waals surface area contributed by atoms with Gasteiger partial charge in [-0.2, -0.15) is 0 Å². The van der Waals surface area contributed by atoms with E-state index in [4.69, 9.17) is 0 Å². The predicted octanol–water partition coefficient (Wildman–Crippen LogP) is 4.05. The molecule has 186 valence electrons. The highest BCUT2D eigenvalue weighted by Gasteiger charge is 2.44. The SMILES string of the molecule is CC(C=CC1C(C)=CC(=O)CC1(C)C)=CC[P+](c1ccccc1)(c1ccccc1)c1ccccc1.[Br-]. The van der Waals surface area contributed by atoms with Crippen molar-refractivity contribution in [1.82, 2.24) is 0 Å². The maximum atomic E-state index is 12.1. The molecule has 1 atom stereocenters. The summed E-state index contributed by atoms with van der Waals surface area (Å²) in [5.74, 6) is 0.521. The van der Waals surface area contributed by atoms with Crippen LogP contribution in [0.1, 0.15) is 34.1 Å². The van der Waals surface area contributed by atoms with Crippen LogP contribution in [0.3, 0.4) is 0 Å². The largest absolute Gasteiger partial charge is 1.00 e. The summed E-state index contributed by atoms with van der Waals surface area (Å²) < 4.78 is 0. The van der Waals surface area contributed by atoms with E-state index >= 15 is 0 Å². The van der Waals surface area contributed by atoms with E-state index < -0.39 is 7.26 Å². The number of allylic oxidation sites excluding steroid dienone is 6.